The maximum Gasteiger partial charge on any atom is 0.433 e. The van der Waals surface area contributed by atoms with E-state index in [4.69, 9.17) is 4.74 Å². The third-order valence-electron chi connectivity index (χ3n) is 3.69. The molecule has 22 heavy (non-hydrogen) atoms. The molecule has 1 unspecified atom stereocenters. The highest BCUT2D eigenvalue weighted by atomic mass is 19.4. The Hall–Kier alpha value is -1.83. The molecule has 0 spiro atoms. The van der Waals surface area contributed by atoms with Crippen molar-refractivity contribution < 1.29 is 27.8 Å². The zero-order chi connectivity index (χ0) is 16.2. The number of aromatic nitrogens is 1. The van der Waals surface area contributed by atoms with Crippen LogP contribution in [0.25, 0.3) is 0 Å². The minimum Gasteiger partial charge on any atom is -0.481 e. The summed E-state index contributed by atoms with van der Waals surface area (Å²) in [6, 6.07) is 3.50. The number of nitrogens with one attached hydrogen (secondary N) is 1. The fraction of sp³-hybridized carbons (Fsp3) is 0.571. The summed E-state index contributed by atoms with van der Waals surface area (Å²) in [5.74, 6) is -1.68. The quantitative estimate of drug-likeness (QED) is 0.873. The zero-order valence-electron chi connectivity index (χ0n) is 11.8. The first-order chi connectivity index (χ1) is 10.4. The Morgan fingerprint density at radius 1 is 1.41 bits per heavy atom. The van der Waals surface area contributed by atoms with Gasteiger partial charge in [0.1, 0.15) is 11.5 Å². The molecule has 1 aliphatic heterocycles. The van der Waals surface area contributed by atoms with E-state index in [0.29, 0.717) is 26.1 Å². The number of alkyl halides is 3. The Balaban J connectivity index is 2.01. The number of carbonyl (C=O) groups is 1. The number of hydrogen-bond donors (Lipinski definition) is 2. The van der Waals surface area contributed by atoms with Crippen LogP contribution in [0.5, 0.6) is 0 Å². The van der Waals surface area contributed by atoms with E-state index in [0.717, 1.165) is 6.07 Å². The summed E-state index contributed by atoms with van der Waals surface area (Å²) in [6.07, 6.45) is -3.26. The molecule has 1 aliphatic rings. The van der Waals surface area contributed by atoms with E-state index in [9.17, 15) is 23.1 Å². The first-order valence-corrected chi connectivity index (χ1v) is 6.96. The molecule has 0 saturated carbocycles. The third-order valence-corrected chi connectivity index (χ3v) is 3.69. The molecule has 122 valence electrons. The van der Waals surface area contributed by atoms with Gasteiger partial charge < -0.3 is 15.2 Å². The van der Waals surface area contributed by atoms with Crippen molar-refractivity contribution in [2.75, 3.05) is 25.1 Å². The molecule has 0 aliphatic carbocycles. The van der Waals surface area contributed by atoms with E-state index in [1.807, 2.05) is 0 Å². The lowest BCUT2D eigenvalue weighted by atomic mass is 9.86. The lowest BCUT2D eigenvalue weighted by molar-refractivity contribution is -0.144. The lowest BCUT2D eigenvalue weighted by Gasteiger charge is -2.27. The largest absolute Gasteiger partial charge is 0.481 e. The van der Waals surface area contributed by atoms with Crippen LogP contribution in [0.3, 0.4) is 0 Å². The Labute approximate surface area is 125 Å². The summed E-state index contributed by atoms with van der Waals surface area (Å²) in [5.41, 5.74) is -1.00. The van der Waals surface area contributed by atoms with Crippen molar-refractivity contribution in [1.82, 2.24) is 4.98 Å². The Morgan fingerprint density at radius 2 is 2.09 bits per heavy atom. The number of ether oxygens (including phenoxy) is 1. The van der Waals surface area contributed by atoms with Crippen molar-refractivity contribution in [1.29, 1.82) is 0 Å². The number of anilines is 1. The second-order valence-corrected chi connectivity index (χ2v) is 5.18. The van der Waals surface area contributed by atoms with Crippen molar-refractivity contribution in [3.63, 3.8) is 0 Å². The van der Waals surface area contributed by atoms with Gasteiger partial charge in [0, 0.05) is 19.8 Å². The Morgan fingerprint density at radius 3 is 2.68 bits per heavy atom. The van der Waals surface area contributed by atoms with Crippen LogP contribution < -0.4 is 5.32 Å². The summed E-state index contributed by atoms with van der Waals surface area (Å²) >= 11 is 0. The molecule has 0 radical (unpaired) electrons. The van der Waals surface area contributed by atoms with Gasteiger partial charge in [-0.25, -0.2) is 4.98 Å². The Kier molecular flexibility index (Phi) is 5.23. The molecule has 0 amide bonds. The van der Waals surface area contributed by atoms with E-state index in [1.165, 1.54) is 12.1 Å². The molecule has 0 bridgehead atoms. The molecule has 2 heterocycles. The zero-order valence-corrected chi connectivity index (χ0v) is 11.8. The first kappa shape index (κ1) is 16.5. The average Bonchev–Trinajstić information content (AvgIpc) is 2.48. The van der Waals surface area contributed by atoms with Crippen molar-refractivity contribution in [2.45, 2.75) is 19.0 Å². The number of rotatable bonds is 5. The van der Waals surface area contributed by atoms with Gasteiger partial charge in [0.05, 0.1) is 5.92 Å². The van der Waals surface area contributed by atoms with Gasteiger partial charge in [0.15, 0.2) is 0 Å². The molecule has 8 heteroatoms. The summed E-state index contributed by atoms with van der Waals surface area (Å²) in [4.78, 5) is 14.8. The predicted octanol–water partition coefficient (Wildman–Crippen LogP) is 2.64. The lowest BCUT2D eigenvalue weighted by Crippen LogP contribution is -2.34. The highest BCUT2D eigenvalue weighted by molar-refractivity contribution is 5.71. The summed E-state index contributed by atoms with van der Waals surface area (Å²) in [6.45, 7) is 1.06. The molecule has 5 nitrogen and oxygen atoms in total. The van der Waals surface area contributed by atoms with Crippen LogP contribution >= 0.6 is 0 Å². The average molecular weight is 318 g/mol. The molecule has 1 fully saturated rings. The van der Waals surface area contributed by atoms with E-state index >= 15 is 0 Å². The van der Waals surface area contributed by atoms with Crippen LogP contribution in [-0.4, -0.2) is 35.8 Å². The molecule has 1 saturated heterocycles. The summed E-state index contributed by atoms with van der Waals surface area (Å²) in [7, 11) is 0. The van der Waals surface area contributed by atoms with E-state index in [-0.39, 0.29) is 18.3 Å². The number of carboxylic acids is 1. The first-order valence-electron chi connectivity index (χ1n) is 6.96. The number of aliphatic carboxylic acids is 1. The van der Waals surface area contributed by atoms with Crippen molar-refractivity contribution >= 4 is 11.8 Å². The highest BCUT2D eigenvalue weighted by Crippen LogP contribution is 2.28. The molecule has 2 rings (SSSR count). The van der Waals surface area contributed by atoms with Crippen LogP contribution in [0.2, 0.25) is 0 Å². The summed E-state index contributed by atoms with van der Waals surface area (Å²) < 4.78 is 43.0. The van der Waals surface area contributed by atoms with E-state index < -0.39 is 23.8 Å². The molecule has 0 aromatic carbocycles. The van der Waals surface area contributed by atoms with Gasteiger partial charge in [-0.2, -0.15) is 13.2 Å². The smallest absolute Gasteiger partial charge is 0.433 e. The minimum absolute atomic E-state index is 0.0214. The van der Waals surface area contributed by atoms with Gasteiger partial charge in [0.25, 0.3) is 0 Å². The fourth-order valence-corrected chi connectivity index (χ4v) is 2.48. The van der Waals surface area contributed by atoms with Gasteiger partial charge in [-0.3, -0.25) is 4.79 Å². The summed E-state index contributed by atoms with van der Waals surface area (Å²) in [5, 5.41) is 12.0. The van der Waals surface area contributed by atoms with Crippen molar-refractivity contribution in [2.24, 2.45) is 11.8 Å². The topological polar surface area (TPSA) is 71.5 Å². The predicted molar refractivity (Wildman–Crippen MR) is 72.4 cm³/mol. The van der Waals surface area contributed by atoms with Gasteiger partial charge in [-0.15, -0.1) is 0 Å². The SMILES string of the molecule is O=C(O)C(CNc1cccc(C(F)(F)F)n1)C1CCOCC1. The number of halogens is 3. The van der Waals surface area contributed by atoms with Crippen LogP contribution in [0.1, 0.15) is 18.5 Å². The number of carboxylic acid groups (broad SMARTS) is 1. The molecular formula is C14H17F3N2O3. The van der Waals surface area contributed by atoms with Crippen LogP contribution in [0, 0.1) is 11.8 Å². The highest BCUT2D eigenvalue weighted by Gasteiger charge is 2.33. The standard InChI is InChI=1S/C14H17F3N2O3/c15-14(16,17)11-2-1-3-12(19-11)18-8-10(13(20)21)9-4-6-22-7-5-9/h1-3,9-10H,4-8H2,(H,18,19)(H,20,21). The second-order valence-electron chi connectivity index (χ2n) is 5.18. The Bertz CT molecular complexity index is 516. The number of pyridine rings is 1. The number of nitrogens with zero attached hydrogens (tertiary/aromatic N) is 1. The van der Waals surface area contributed by atoms with Gasteiger partial charge >= 0.3 is 12.1 Å². The van der Waals surface area contributed by atoms with Crippen LogP contribution in [-0.2, 0) is 15.7 Å². The minimum atomic E-state index is -4.52. The van der Waals surface area contributed by atoms with E-state index in [1.54, 1.807) is 0 Å². The molecule has 1 atom stereocenters. The van der Waals surface area contributed by atoms with Gasteiger partial charge in [0.2, 0.25) is 0 Å². The molecule has 1 aromatic rings. The van der Waals surface area contributed by atoms with Crippen molar-refractivity contribution in [3.8, 4) is 0 Å². The number of hydrogen-bond acceptors (Lipinski definition) is 4. The van der Waals surface area contributed by atoms with Crippen LogP contribution in [0.4, 0.5) is 19.0 Å². The second kappa shape index (κ2) is 6.95. The molecule has 1 aromatic heterocycles. The van der Waals surface area contributed by atoms with Crippen molar-refractivity contribution in [3.05, 3.63) is 23.9 Å². The third kappa shape index (κ3) is 4.33. The fourth-order valence-electron chi connectivity index (χ4n) is 2.48. The van der Waals surface area contributed by atoms with Crippen LogP contribution in [0.15, 0.2) is 18.2 Å². The van der Waals surface area contributed by atoms with Gasteiger partial charge in [-0.1, -0.05) is 6.07 Å². The van der Waals surface area contributed by atoms with E-state index in [2.05, 4.69) is 10.3 Å². The maximum atomic E-state index is 12.6. The maximum absolute atomic E-state index is 12.6. The molecular weight excluding hydrogens is 301 g/mol. The molecule has 2 N–H and O–H groups in total. The monoisotopic (exact) mass is 318 g/mol. The van der Waals surface area contributed by atoms with Gasteiger partial charge in [-0.05, 0) is 30.9 Å². The normalized spacial score (nSPS) is 18.0.